The Morgan fingerprint density at radius 1 is 1.41 bits per heavy atom. The standard InChI is InChI=1S/C13H19NO3/c1-4-10(13(15)16)14(3)11-8-6-7-9-12(11)17-5-2/h6-10H,4-5H2,1-3H3,(H,15,16)/t10-/m1/s1. The summed E-state index contributed by atoms with van der Waals surface area (Å²) in [7, 11) is 1.78. The highest BCUT2D eigenvalue weighted by molar-refractivity contribution is 5.79. The summed E-state index contributed by atoms with van der Waals surface area (Å²) < 4.78 is 5.50. The number of ether oxygens (including phenoxy) is 1. The second-order valence-corrected chi connectivity index (χ2v) is 3.77. The number of hydrogen-bond donors (Lipinski definition) is 1. The summed E-state index contributed by atoms with van der Waals surface area (Å²) in [6.07, 6.45) is 0.548. The maximum absolute atomic E-state index is 11.1. The van der Waals surface area contributed by atoms with Gasteiger partial charge >= 0.3 is 5.97 Å². The number of hydrogen-bond acceptors (Lipinski definition) is 3. The Kier molecular flexibility index (Phi) is 4.82. The van der Waals surface area contributed by atoms with E-state index in [0.29, 0.717) is 13.0 Å². The predicted octanol–water partition coefficient (Wildman–Crippen LogP) is 2.38. The van der Waals surface area contributed by atoms with E-state index < -0.39 is 12.0 Å². The molecule has 1 N–H and O–H groups in total. The third kappa shape index (κ3) is 3.12. The highest BCUT2D eigenvalue weighted by Crippen LogP contribution is 2.29. The molecule has 0 amide bonds. The Hall–Kier alpha value is -1.71. The van der Waals surface area contributed by atoms with Crippen LogP contribution in [0.25, 0.3) is 0 Å². The van der Waals surface area contributed by atoms with Crippen molar-refractivity contribution in [3.8, 4) is 5.75 Å². The van der Waals surface area contributed by atoms with Gasteiger partial charge in [0.2, 0.25) is 0 Å². The maximum atomic E-state index is 11.1. The number of para-hydroxylation sites is 2. The van der Waals surface area contributed by atoms with Crippen molar-refractivity contribution in [3.63, 3.8) is 0 Å². The molecule has 0 radical (unpaired) electrons. The third-order valence-corrected chi connectivity index (χ3v) is 2.68. The van der Waals surface area contributed by atoms with Gasteiger partial charge in [0.25, 0.3) is 0 Å². The summed E-state index contributed by atoms with van der Waals surface area (Å²) in [5.41, 5.74) is 0.809. The summed E-state index contributed by atoms with van der Waals surface area (Å²) in [6.45, 7) is 4.33. The van der Waals surface area contributed by atoms with Gasteiger partial charge in [-0.15, -0.1) is 0 Å². The lowest BCUT2D eigenvalue weighted by atomic mass is 10.1. The molecule has 0 spiro atoms. The van der Waals surface area contributed by atoms with Crippen LogP contribution >= 0.6 is 0 Å². The number of carbonyl (C=O) groups is 1. The Labute approximate surface area is 102 Å². The van der Waals surface area contributed by atoms with Crippen molar-refractivity contribution in [1.82, 2.24) is 0 Å². The molecule has 1 rings (SSSR count). The van der Waals surface area contributed by atoms with Crippen LogP contribution < -0.4 is 9.64 Å². The fourth-order valence-electron chi connectivity index (χ4n) is 1.81. The Morgan fingerprint density at radius 2 is 2.06 bits per heavy atom. The smallest absolute Gasteiger partial charge is 0.326 e. The number of anilines is 1. The van der Waals surface area contributed by atoms with Crippen LogP contribution in [0.1, 0.15) is 20.3 Å². The average Bonchev–Trinajstić information content (AvgIpc) is 2.30. The minimum absolute atomic E-state index is 0.531. The number of rotatable bonds is 6. The summed E-state index contributed by atoms with van der Waals surface area (Å²) in [6, 6.07) is 6.95. The number of nitrogens with zero attached hydrogens (tertiary/aromatic N) is 1. The molecule has 0 saturated carbocycles. The highest BCUT2D eigenvalue weighted by atomic mass is 16.5. The molecule has 0 heterocycles. The largest absolute Gasteiger partial charge is 0.492 e. The van der Waals surface area contributed by atoms with Crippen LogP contribution in [0.15, 0.2) is 24.3 Å². The predicted molar refractivity (Wildman–Crippen MR) is 67.7 cm³/mol. The molecule has 1 atom stereocenters. The van der Waals surface area contributed by atoms with Gasteiger partial charge in [-0.05, 0) is 25.5 Å². The summed E-state index contributed by atoms with van der Waals surface area (Å²) in [5, 5.41) is 9.14. The number of likely N-dealkylation sites (N-methyl/N-ethyl adjacent to an activating group) is 1. The van der Waals surface area contributed by atoms with Crippen LogP contribution in [0.2, 0.25) is 0 Å². The molecule has 0 bridgehead atoms. The normalized spacial score (nSPS) is 11.9. The Balaban J connectivity index is 3.01. The van der Waals surface area contributed by atoms with E-state index in [1.54, 1.807) is 11.9 Å². The second kappa shape index (κ2) is 6.13. The molecule has 4 heteroatoms. The van der Waals surface area contributed by atoms with E-state index in [-0.39, 0.29) is 0 Å². The first-order valence-electron chi connectivity index (χ1n) is 5.79. The molecule has 1 aromatic rings. The van der Waals surface area contributed by atoms with Crippen LogP contribution in [0, 0.1) is 0 Å². The zero-order valence-corrected chi connectivity index (χ0v) is 10.5. The van der Waals surface area contributed by atoms with Crippen molar-refractivity contribution in [2.24, 2.45) is 0 Å². The Morgan fingerprint density at radius 3 is 2.59 bits per heavy atom. The third-order valence-electron chi connectivity index (χ3n) is 2.68. The first-order chi connectivity index (χ1) is 8.11. The van der Waals surface area contributed by atoms with Gasteiger partial charge in [0.05, 0.1) is 12.3 Å². The van der Waals surface area contributed by atoms with Crippen molar-refractivity contribution in [2.45, 2.75) is 26.3 Å². The first-order valence-corrected chi connectivity index (χ1v) is 5.79. The van der Waals surface area contributed by atoms with E-state index in [4.69, 9.17) is 9.84 Å². The molecule has 4 nitrogen and oxygen atoms in total. The molecule has 0 unspecified atom stereocenters. The average molecular weight is 237 g/mol. The molecule has 0 fully saturated rings. The summed E-state index contributed by atoms with van der Waals surface area (Å²) in [4.78, 5) is 12.9. The van der Waals surface area contributed by atoms with Crippen LogP contribution in [0.4, 0.5) is 5.69 Å². The van der Waals surface area contributed by atoms with E-state index in [2.05, 4.69) is 0 Å². The second-order valence-electron chi connectivity index (χ2n) is 3.77. The monoisotopic (exact) mass is 237 g/mol. The van der Waals surface area contributed by atoms with E-state index in [1.165, 1.54) is 0 Å². The topological polar surface area (TPSA) is 49.8 Å². The molecule has 17 heavy (non-hydrogen) atoms. The van der Waals surface area contributed by atoms with Crippen molar-refractivity contribution in [2.75, 3.05) is 18.6 Å². The van der Waals surface area contributed by atoms with Crippen LogP contribution in [-0.2, 0) is 4.79 Å². The minimum Gasteiger partial charge on any atom is -0.492 e. The van der Waals surface area contributed by atoms with E-state index in [1.807, 2.05) is 38.1 Å². The quantitative estimate of drug-likeness (QED) is 0.825. The Bertz CT molecular complexity index is 379. The SMILES string of the molecule is CCOc1ccccc1N(C)[C@H](CC)C(=O)O. The van der Waals surface area contributed by atoms with E-state index >= 15 is 0 Å². The van der Waals surface area contributed by atoms with E-state index in [9.17, 15) is 4.79 Å². The van der Waals surface area contributed by atoms with Crippen molar-refractivity contribution in [1.29, 1.82) is 0 Å². The molecule has 94 valence electrons. The molecule has 1 aromatic carbocycles. The molecular formula is C13H19NO3. The highest BCUT2D eigenvalue weighted by Gasteiger charge is 2.22. The summed E-state index contributed by atoms with van der Waals surface area (Å²) >= 11 is 0. The number of carboxylic acids is 1. The van der Waals surface area contributed by atoms with Crippen molar-refractivity contribution in [3.05, 3.63) is 24.3 Å². The van der Waals surface area contributed by atoms with Gasteiger partial charge in [-0.1, -0.05) is 19.1 Å². The molecule has 0 aliphatic carbocycles. The van der Waals surface area contributed by atoms with Gasteiger partial charge in [-0.25, -0.2) is 4.79 Å². The number of aliphatic carboxylic acids is 1. The van der Waals surface area contributed by atoms with Gasteiger partial charge in [0.1, 0.15) is 11.8 Å². The molecule has 0 aliphatic rings. The van der Waals surface area contributed by atoms with Gasteiger partial charge < -0.3 is 14.7 Å². The fourth-order valence-corrected chi connectivity index (χ4v) is 1.81. The fraction of sp³-hybridized carbons (Fsp3) is 0.462. The van der Waals surface area contributed by atoms with Gasteiger partial charge in [0, 0.05) is 7.05 Å². The van der Waals surface area contributed by atoms with Crippen molar-refractivity contribution < 1.29 is 14.6 Å². The van der Waals surface area contributed by atoms with Crippen LogP contribution in [0.3, 0.4) is 0 Å². The molecule has 0 aromatic heterocycles. The lowest BCUT2D eigenvalue weighted by Gasteiger charge is -2.27. The molecular weight excluding hydrogens is 218 g/mol. The maximum Gasteiger partial charge on any atom is 0.326 e. The first kappa shape index (κ1) is 13.4. The van der Waals surface area contributed by atoms with Gasteiger partial charge in [0.15, 0.2) is 0 Å². The minimum atomic E-state index is -0.818. The van der Waals surface area contributed by atoms with Gasteiger partial charge in [-0.3, -0.25) is 0 Å². The van der Waals surface area contributed by atoms with Crippen LogP contribution in [-0.4, -0.2) is 30.8 Å². The lowest BCUT2D eigenvalue weighted by molar-refractivity contribution is -0.138. The number of benzene rings is 1. The zero-order chi connectivity index (χ0) is 12.8. The van der Waals surface area contributed by atoms with Gasteiger partial charge in [-0.2, -0.15) is 0 Å². The van der Waals surface area contributed by atoms with E-state index in [0.717, 1.165) is 11.4 Å². The molecule has 0 saturated heterocycles. The zero-order valence-electron chi connectivity index (χ0n) is 10.5. The molecule has 0 aliphatic heterocycles. The van der Waals surface area contributed by atoms with Crippen LogP contribution in [0.5, 0.6) is 5.75 Å². The van der Waals surface area contributed by atoms with Crippen molar-refractivity contribution >= 4 is 11.7 Å². The lowest BCUT2D eigenvalue weighted by Crippen LogP contribution is -2.38. The number of carboxylic acid groups (broad SMARTS) is 1. The summed E-state index contributed by atoms with van der Waals surface area (Å²) in [5.74, 6) is -0.0986.